The van der Waals surface area contributed by atoms with Gasteiger partial charge in [-0.3, -0.25) is 4.98 Å². The summed E-state index contributed by atoms with van der Waals surface area (Å²) >= 11 is 0. The largest absolute Gasteiger partial charge is 0.349 e. The molecule has 7 heteroatoms. The zero-order valence-corrected chi connectivity index (χ0v) is 13.0. The van der Waals surface area contributed by atoms with Crippen LogP contribution in [0.25, 0.3) is 0 Å². The molecule has 0 amide bonds. The van der Waals surface area contributed by atoms with Gasteiger partial charge in [0.1, 0.15) is 4.90 Å². The summed E-state index contributed by atoms with van der Waals surface area (Å²) in [6, 6.07) is 5.24. The van der Waals surface area contributed by atoms with Crippen LogP contribution in [0.1, 0.15) is 18.2 Å². The molecule has 0 saturated heterocycles. The standard InChI is InChI=1S/C14H20N4O2S/c1-3-18-11-14(8-13(18)9-15)21(19,20)17(2)10-12-4-6-16-7-5-12/h4-8,11H,3,9-10,15H2,1-2H3. The number of pyridine rings is 1. The van der Waals surface area contributed by atoms with Crippen molar-refractivity contribution in [1.82, 2.24) is 13.9 Å². The minimum Gasteiger partial charge on any atom is -0.349 e. The Morgan fingerprint density at radius 2 is 2.00 bits per heavy atom. The lowest BCUT2D eigenvalue weighted by molar-refractivity contribution is 0.466. The van der Waals surface area contributed by atoms with E-state index in [0.717, 1.165) is 11.3 Å². The molecular formula is C14H20N4O2S. The molecule has 6 nitrogen and oxygen atoms in total. The minimum absolute atomic E-state index is 0.279. The zero-order chi connectivity index (χ0) is 15.5. The summed E-state index contributed by atoms with van der Waals surface area (Å²) in [7, 11) is -1.95. The normalized spacial score (nSPS) is 12.0. The van der Waals surface area contributed by atoms with Crippen molar-refractivity contribution >= 4 is 10.0 Å². The van der Waals surface area contributed by atoms with Crippen LogP contribution >= 0.6 is 0 Å². The van der Waals surface area contributed by atoms with Crippen LogP contribution in [0.4, 0.5) is 0 Å². The molecule has 0 fully saturated rings. The first kappa shape index (κ1) is 15.7. The first-order chi connectivity index (χ1) is 9.98. The second-order valence-corrected chi connectivity index (χ2v) is 6.82. The van der Waals surface area contributed by atoms with Crippen LogP contribution in [0.2, 0.25) is 0 Å². The van der Waals surface area contributed by atoms with Crippen LogP contribution in [0.5, 0.6) is 0 Å². The van der Waals surface area contributed by atoms with Gasteiger partial charge in [-0.15, -0.1) is 0 Å². The van der Waals surface area contributed by atoms with E-state index in [2.05, 4.69) is 4.98 Å². The van der Waals surface area contributed by atoms with Gasteiger partial charge in [0.05, 0.1) is 0 Å². The highest BCUT2D eigenvalue weighted by Crippen LogP contribution is 2.19. The third-order valence-corrected chi connectivity index (χ3v) is 5.14. The van der Waals surface area contributed by atoms with Crippen LogP contribution in [0, 0.1) is 0 Å². The minimum atomic E-state index is -3.52. The second kappa shape index (κ2) is 6.38. The van der Waals surface area contributed by atoms with Gasteiger partial charge in [0.15, 0.2) is 0 Å². The van der Waals surface area contributed by atoms with Crippen molar-refractivity contribution in [2.24, 2.45) is 5.73 Å². The molecule has 0 unspecified atom stereocenters. The molecule has 2 heterocycles. The first-order valence-electron chi connectivity index (χ1n) is 6.73. The quantitative estimate of drug-likeness (QED) is 0.869. The van der Waals surface area contributed by atoms with Crippen molar-refractivity contribution in [3.05, 3.63) is 48.0 Å². The number of rotatable bonds is 6. The van der Waals surface area contributed by atoms with Gasteiger partial charge in [-0.2, -0.15) is 4.31 Å². The van der Waals surface area contributed by atoms with Crippen molar-refractivity contribution in [1.29, 1.82) is 0 Å². The number of aryl methyl sites for hydroxylation is 1. The summed E-state index contributed by atoms with van der Waals surface area (Å²) in [6.45, 7) is 3.27. The van der Waals surface area contributed by atoms with E-state index in [0.29, 0.717) is 19.6 Å². The molecule has 2 rings (SSSR count). The number of sulfonamides is 1. The molecule has 114 valence electrons. The van der Waals surface area contributed by atoms with E-state index in [1.165, 1.54) is 4.31 Å². The Morgan fingerprint density at radius 1 is 1.33 bits per heavy atom. The van der Waals surface area contributed by atoms with Crippen LogP contribution in [-0.2, 0) is 29.7 Å². The molecule has 0 spiro atoms. The molecule has 0 aliphatic carbocycles. The van der Waals surface area contributed by atoms with Crippen LogP contribution in [0.15, 0.2) is 41.7 Å². The Kier molecular flexibility index (Phi) is 4.76. The van der Waals surface area contributed by atoms with Crippen molar-refractivity contribution in [2.75, 3.05) is 7.05 Å². The van der Waals surface area contributed by atoms with Crippen LogP contribution < -0.4 is 5.73 Å². The van der Waals surface area contributed by atoms with Gasteiger partial charge in [-0.1, -0.05) is 0 Å². The molecule has 2 N–H and O–H groups in total. The van der Waals surface area contributed by atoms with Crippen molar-refractivity contribution < 1.29 is 8.42 Å². The molecule has 0 atom stereocenters. The van der Waals surface area contributed by atoms with Gasteiger partial charge < -0.3 is 10.3 Å². The third kappa shape index (κ3) is 3.31. The molecule has 0 bridgehead atoms. The molecule has 2 aromatic rings. The predicted octanol–water partition coefficient (Wildman–Crippen LogP) is 1.18. The Hall–Kier alpha value is -1.70. The SMILES string of the molecule is CCn1cc(S(=O)(=O)N(C)Cc2ccncc2)cc1CN. The van der Waals surface area contributed by atoms with Gasteiger partial charge in [0, 0.05) is 51.0 Å². The number of hydrogen-bond acceptors (Lipinski definition) is 4. The maximum atomic E-state index is 12.6. The molecule has 0 radical (unpaired) electrons. The smallest absolute Gasteiger partial charge is 0.244 e. The zero-order valence-electron chi connectivity index (χ0n) is 12.2. The van der Waals surface area contributed by atoms with Crippen molar-refractivity contribution in [3.63, 3.8) is 0 Å². The molecule has 2 aromatic heterocycles. The van der Waals surface area contributed by atoms with Crippen LogP contribution in [0.3, 0.4) is 0 Å². The van der Waals surface area contributed by atoms with E-state index >= 15 is 0 Å². The number of nitrogens with zero attached hydrogens (tertiary/aromatic N) is 3. The van der Waals surface area contributed by atoms with E-state index < -0.39 is 10.0 Å². The average Bonchev–Trinajstić information content (AvgIpc) is 2.92. The maximum absolute atomic E-state index is 12.6. The van der Waals surface area contributed by atoms with E-state index in [1.807, 2.05) is 11.5 Å². The molecule has 0 aromatic carbocycles. The first-order valence-corrected chi connectivity index (χ1v) is 8.17. The van der Waals surface area contributed by atoms with E-state index in [-0.39, 0.29) is 4.90 Å². The topological polar surface area (TPSA) is 81.2 Å². The van der Waals surface area contributed by atoms with Crippen molar-refractivity contribution in [3.8, 4) is 0 Å². The summed E-state index contributed by atoms with van der Waals surface area (Å²) in [5, 5.41) is 0. The fourth-order valence-electron chi connectivity index (χ4n) is 2.14. The number of hydrogen-bond donors (Lipinski definition) is 1. The van der Waals surface area contributed by atoms with Crippen molar-refractivity contribution in [2.45, 2.75) is 31.5 Å². The average molecular weight is 308 g/mol. The summed E-state index contributed by atoms with van der Waals surface area (Å²) in [5.74, 6) is 0. The lowest BCUT2D eigenvalue weighted by Gasteiger charge is -2.16. The second-order valence-electron chi connectivity index (χ2n) is 4.77. The van der Waals surface area contributed by atoms with Gasteiger partial charge in [-0.25, -0.2) is 8.42 Å². The summed E-state index contributed by atoms with van der Waals surface area (Å²) in [5.41, 5.74) is 7.35. The van der Waals surface area contributed by atoms with E-state index in [4.69, 9.17) is 5.73 Å². The monoisotopic (exact) mass is 308 g/mol. The summed E-state index contributed by atoms with van der Waals surface area (Å²) in [4.78, 5) is 4.20. The Morgan fingerprint density at radius 3 is 2.52 bits per heavy atom. The Balaban J connectivity index is 2.26. The third-order valence-electron chi connectivity index (χ3n) is 3.37. The number of nitrogens with two attached hydrogens (primary N) is 1. The van der Waals surface area contributed by atoms with Gasteiger partial charge >= 0.3 is 0 Å². The molecule has 0 aliphatic rings. The Labute approximate surface area is 125 Å². The van der Waals surface area contributed by atoms with Crippen LogP contribution in [-0.4, -0.2) is 29.3 Å². The lowest BCUT2D eigenvalue weighted by atomic mass is 10.3. The van der Waals surface area contributed by atoms with Gasteiger partial charge in [-0.05, 0) is 30.7 Å². The summed E-state index contributed by atoms with van der Waals surface area (Å²) < 4.78 is 28.4. The highest BCUT2D eigenvalue weighted by molar-refractivity contribution is 7.89. The van der Waals surface area contributed by atoms with Gasteiger partial charge in [0.2, 0.25) is 10.0 Å². The summed E-state index contributed by atoms with van der Waals surface area (Å²) in [6.07, 6.45) is 4.94. The Bertz CT molecular complexity index is 674. The molecular weight excluding hydrogens is 288 g/mol. The van der Waals surface area contributed by atoms with E-state index in [1.54, 1.807) is 43.8 Å². The van der Waals surface area contributed by atoms with E-state index in [9.17, 15) is 8.42 Å². The lowest BCUT2D eigenvalue weighted by Crippen LogP contribution is -2.26. The fourth-order valence-corrected chi connectivity index (χ4v) is 3.37. The predicted molar refractivity (Wildman–Crippen MR) is 80.9 cm³/mol. The highest BCUT2D eigenvalue weighted by atomic mass is 32.2. The molecule has 0 aliphatic heterocycles. The molecule has 21 heavy (non-hydrogen) atoms. The maximum Gasteiger partial charge on any atom is 0.244 e. The molecule has 0 saturated carbocycles. The fraction of sp³-hybridized carbons (Fsp3) is 0.357. The number of aromatic nitrogens is 2. The highest BCUT2D eigenvalue weighted by Gasteiger charge is 2.23. The van der Waals surface area contributed by atoms with Gasteiger partial charge in [0.25, 0.3) is 0 Å².